The summed E-state index contributed by atoms with van der Waals surface area (Å²) in [6.45, 7) is 10.5. The van der Waals surface area contributed by atoms with Crippen LogP contribution in [0.2, 0.25) is 25.1 Å². The molecule has 3 saturated heterocycles. The first-order valence-corrected chi connectivity index (χ1v) is 46.2. The van der Waals surface area contributed by atoms with Crippen LogP contribution in [0.25, 0.3) is 12.2 Å². The number of hydrogen-bond acceptors (Lipinski definition) is 14. The maximum atomic E-state index is 12.3. The molecule has 0 bridgehead atoms. The van der Waals surface area contributed by atoms with Crippen LogP contribution in [0, 0.1) is 0 Å². The van der Waals surface area contributed by atoms with E-state index in [1.165, 1.54) is 56.1 Å². The Labute approximate surface area is 791 Å². The molecule has 0 aromatic heterocycles. The Morgan fingerprint density at radius 3 is 1.15 bits per heavy atom. The Morgan fingerprint density at radius 2 is 0.748 bits per heavy atom. The third kappa shape index (κ3) is 30.3. The van der Waals surface area contributed by atoms with Crippen LogP contribution in [0.15, 0.2) is 267 Å². The zero-order valence-electron chi connectivity index (χ0n) is 67.1. The predicted octanol–water partition coefficient (Wildman–Crippen LogP) is 27.7. The summed E-state index contributed by atoms with van der Waals surface area (Å²) in [5.74, 6) is 4.32. The molecular weight excluding hydrogens is 2010 g/mol. The van der Waals surface area contributed by atoms with E-state index in [9.17, 15) is 29.2 Å². The molecule has 5 N–H and O–H groups in total. The lowest BCUT2D eigenvalue weighted by atomic mass is 9.84. The van der Waals surface area contributed by atoms with E-state index in [1.54, 1.807) is 30.3 Å². The smallest absolute Gasteiger partial charge is 0.335 e. The van der Waals surface area contributed by atoms with Gasteiger partial charge in [0.15, 0.2) is 6.29 Å². The van der Waals surface area contributed by atoms with E-state index in [1.807, 2.05) is 141 Å². The van der Waals surface area contributed by atoms with Crippen molar-refractivity contribution in [1.82, 2.24) is 14.7 Å². The van der Waals surface area contributed by atoms with Crippen LogP contribution in [-0.4, -0.2) is 140 Å². The monoisotopic (exact) mass is 2100 g/mol. The second kappa shape index (κ2) is 50.7. The molecule has 11 aromatic rings. The van der Waals surface area contributed by atoms with Crippen molar-refractivity contribution >= 4 is 184 Å². The maximum absolute atomic E-state index is 12.3. The largest absolute Gasteiger partial charge is 0.508 e. The van der Waals surface area contributed by atoms with Crippen LogP contribution in [0.5, 0.6) is 40.2 Å². The van der Waals surface area contributed by atoms with Gasteiger partial charge in [-0.05, 0) is 196 Å². The summed E-state index contributed by atoms with van der Waals surface area (Å²) in [5, 5.41) is 48.7. The topological polar surface area (TPSA) is 216 Å². The molecule has 16 nitrogen and oxygen atoms in total. The van der Waals surface area contributed by atoms with Crippen molar-refractivity contribution in [2.24, 2.45) is 0 Å². The van der Waals surface area contributed by atoms with Gasteiger partial charge < -0.3 is 58.8 Å². The zero-order chi connectivity index (χ0) is 87.5. The number of halogens is 10. The Balaban J connectivity index is 0.000000223. The van der Waals surface area contributed by atoms with Gasteiger partial charge in [-0.25, -0.2) is 9.59 Å². The molecule has 5 aliphatic heterocycles. The first-order valence-electron chi connectivity index (χ1n) is 38.3. The lowest BCUT2D eigenvalue weighted by Crippen LogP contribution is -2.14. The Morgan fingerprint density at radius 1 is 0.423 bits per heavy atom. The number of benzene rings is 11. The average molecular weight is 2110 g/mol. The molecule has 28 heteroatoms. The average Bonchev–Trinajstić information content (AvgIpc) is 1.62. The van der Waals surface area contributed by atoms with Crippen LogP contribution >= 0.6 is 145 Å². The maximum Gasteiger partial charge on any atom is 0.335 e. The highest BCUT2D eigenvalue weighted by molar-refractivity contribution is 9.11. The number of likely N-dealkylation sites (tertiary alicyclic amines) is 3. The van der Waals surface area contributed by atoms with Gasteiger partial charge in [0.25, 0.3) is 0 Å². The molecule has 16 rings (SSSR count). The number of phenols is 3. The number of ether oxygens (including phenoxy) is 2. The number of rotatable bonds is 14. The molecule has 647 valence electrons. The minimum Gasteiger partial charge on any atom is -0.508 e. The highest BCUT2D eigenvalue weighted by Gasteiger charge is 2.41. The van der Waals surface area contributed by atoms with Crippen molar-refractivity contribution in [1.29, 1.82) is 0 Å². The number of aromatic hydroxyl groups is 3. The first-order chi connectivity index (χ1) is 58.0. The summed E-state index contributed by atoms with van der Waals surface area (Å²) in [4.78, 5) is 36.4. The summed E-state index contributed by atoms with van der Waals surface area (Å²) in [6.07, 6.45) is 5.73. The van der Waals surface area contributed by atoms with Gasteiger partial charge in [-0.2, -0.15) is 0 Å². The van der Waals surface area contributed by atoms with E-state index in [0.717, 1.165) is 108 Å². The number of nitrogens with zero attached hydrogens (tertiary/aromatic N) is 3. The lowest BCUT2D eigenvalue weighted by molar-refractivity contribution is -0.134. The van der Waals surface area contributed by atoms with Crippen LogP contribution < -0.4 is 9.47 Å². The second-order valence-electron chi connectivity index (χ2n) is 28.5. The number of alkyl halides is 1. The Kier molecular flexibility index (Phi) is 42.3. The standard InChI is InChI=1S/C17H17BrClNO.2C17H16ClNO.C14H10BrClO.C11H16BrO3P.C7H6Br2.C7H5ClO2.C4H4O4.CH4.B.H2/c1-20-9-14(12-4-2-3-5-16(12)18)15(10-20)13-8-11(19)6-7-17(13)21;2*1-19-9-14-12-4-2-3-5-16(12)20-17-7-6-11(18)8-13(17)15(14)10-19;15-13-4-2-1-3-10(13)5-6-11-9-12(16)7-8-14(11)17;1-3-14-16(13,15-4-2)9-10-7-5-6-8-11(10)12;8-5-6-3-1-2-4-7(6)9;8-6-1-2-7(10)5(3-6)4-9;5-3(6)1-2-4(7)8;;;/h2-8,14-15,21H,9-10H2,1H3;2*2-8,14-15H,9-10H2,1H3;1-9,17H;5-8H,3-4,9H2,1-2H3;1-4H,5H2;1-4,10H;1-2H,(H,5,6)(H,7,8);1H4;;1H/b;;;6-5+;;;;2-1-;;;/t3*14-,15-;;;;;;;;/m111......../s1/i;;;;;;;;;;1+1. The molecule has 0 aliphatic carbocycles. The SMILES string of the molecule is BrCc1ccccc1Br.C.CCOP(=O)(Cc1ccccc1Br)OCC.CN1C[C@@H]2c3ccccc3Oc3ccc(Cl)cc3[C@H]2C1.CN1C[C@@H]2c3ccccc3Oc3ccc(Cl)cc3[C@H]2C1.CN1C[C@H](c2cc(Cl)ccc2O)[C@@H](c2ccccc2Br)C1.O=C(O)/C=C\C(=O)O.O=Cc1cc(Cl)ccc1O.Oc1ccc(Cl)cc1/C=C/c1ccccc1Br.[2HH].[B]. The molecule has 0 spiro atoms. The third-order valence-electron chi connectivity index (χ3n) is 19.9. The quantitative estimate of drug-likeness (QED) is 0.0171. The lowest BCUT2D eigenvalue weighted by Gasteiger charge is -2.21. The number of likely N-dealkylation sites (N-methyl/N-ethyl adjacent to an activating group) is 3. The second-order valence-corrected chi connectivity index (χ2v) is 36.7. The predicted molar refractivity (Wildman–Crippen MR) is 521 cm³/mol. The molecule has 123 heavy (non-hydrogen) atoms. The van der Waals surface area contributed by atoms with Crippen LogP contribution in [0.4, 0.5) is 0 Å². The molecular formula is C95H96BBr5Cl5N3O13P. The van der Waals surface area contributed by atoms with E-state index in [4.69, 9.17) is 91.8 Å². The number of carboxylic acids is 2. The minimum atomic E-state index is -3.00. The molecule has 3 fully saturated rings. The van der Waals surface area contributed by atoms with Crippen molar-refractivity contribution in [2.75, 3.05) is 73.6 Å². The van der Waals surface area contributed by atoms with Gasteiger partial charge in [-0.3, -0.25) is 9.36 Å². The number of aliphatic carboxylic acids is 2. The van der Waals surface area contributed by atoms with Gasteiger partial charge >= 0.3 is 19.5 Å². The summed E-state index contributed by atoms with van der Waals surface area (Å²) in [5.41, 5.74) is 11.5. The van der Waals surface area contributed by atoms with Crippen molar-refractivity contribution in [2.45, 2.75) is 68.3 Å². The molecule has 0 unspecified atom stereocenters. The van der Waals surface area contributed by atoms with Crippen molar-refractivity contribution < 1.29 is 64.4 Å². The number of aldehydes is 1. The zero-order valence-corrected chi connectivity index (χ0v) is 79.7. The Hall–Kier alpha value is -7.55. The fourth-order valence-corrected chi connectivity index (χ4v) is 20.0. The van der Waals surface area contributed by atoms with Gasteiger partial charge in [-0.1, -0.05) is 266 Å². The van der Waals surface area contributed by atoms with E-state index < -0.39 is 19.5 Å². The molecule has 0 amide bonds. The van der Waals surface area contributed by atoms with Crippen LogP contribution in [0.1, 0.15) is 124 Å². The number of fused-ring (bicyclic) bond motifs is 10. The van der Waals surface area contributed by atoms with Gasteiger partial charge in [-0.15, -0.1) is 0 Å². The number of carbonyl (C=O) groups excluding carboxylic acids is 1. The number of para-hydroxylation sites is 2. The van der Waals surface area contributed by atoms with E-state index >= 15 is 0 Å². The van der Waals surface area contributed by atoms with Crippen LogP contribution in [-0.2, 0) is 34.7 Å². The van der Waals surface area contributed by atoms with Crippen molar-refractivity contribution in [3.05, 3.63) is 353 Å². The van der Waals surface area contributed by atoms with Crippen molar-refractivity contribution in [3.8, 4) is 40.2 Å². The minimum absolute atomic E-state index is 0. The summed E-state index contributed by atoms with van der Waals surface area (Å²) >= 11 is 47.3. The fourth-order valence-electron chi connectivity index (χ4n) is 14.5. The van der Waals surface area contributed by atoms with Gasteiger partial charge in [0.1, 0.15) is 40.2 Å². The van der Waals surface area contributed by atoms with Gasteiger partial charge in [0.05, 0.1) is 24.9 Å². The third-order valence-corrected chi connectivity index (χ3v) is 26.7. The Bertz CT molecular complexity index is 5340. The summed E-state index contributed by atoms with van der Waals surface area (Å²) in [7, 11) is 3.48. The van der Waals surface area contributed by atoms with E-state index in [0.29, 0.717) is 93.8 Å². The molecule has 3 radical (unpaired) electrons. The fraction of sp³-hybridized carbons (Fsp3) is 0.232. The van der Waals surface area contributed by atoms with Gasteiger partial charge in [0, 0.05) is 167 Å². The molecule has 11 aromatic carbocycles. The number of carboxylic acid groups (broad SMARTS) is 2. The van der Waals surface area contributed by atoms with E-state index in [2.05, 4.69) is 188 Å². The number of hydrogen-bond donors (Lipinski definition) is 5. The first kappa shape index (κ1) is 103. The van der Waals surface area contributed by atoms with E-state index in [-0.39, 0.29) is 40.2 Å². The van der Waals surface area contributed by atoms with Gasteiger partial charge in [0.2, 0.25) is 0 Å². The summed E-state index contributed by atoms with van der Waals surface area (Å²) < 4.78 is 39.3. The molecule has 5 aliphatic rings. The molecule has 5 heterocycles. The molecule has 6 atom stereocenters. The summed E-state index contributed by atoms with van der Waals surface area (Å²) in [6, 6.07) is 75.3. The highest BCUT2D eigenvalue weighted by atomic mass is 79.9. The normalized spacial score (nSPS) is 16.9. The molecule has 0 saturated carbocycles. The van der Waals surface area contributed by atoms with Crippen LogP contribution in [0.3, 0.4) is 0 Å². The number of phenolic OH excluding ortho intramolecular Hbond substituents is 3. The number of carbonyl (C=O) groups is 3. The van der Waals surface area contributed by atoms with Crippen molar-refractivity contribution in [3.63, 3.8) is 0 Å². The highest BCUT2D eigenvalue weighted by Crippen LogP contribution is 2.54.